The molecule has 0 aliphatic heterocycles. The molecule has 0 aliphatic carbocycles. The molecule has 0 saturated heterocycles. The highest BCUT2D eigenvalue weighted by atomic mass is 79.9. The summed E-state index contributed by atoms with van der Waals surface area (Å²) in [5, 5.41) is 11.5. The van der Waals surface area contributed by atoms with Crippen LogP contribution in [0.5, 0.6) is 0 Å². The van der Waals surface area contributed by atoms with Gasteiger partial charge < -0.3 is 5.11 Å². The van der Waals surface area contributed by atoms with Crippen molar-refractivity contribution in [3.63, 3.8) is 0 Å². The van der Waals surface area contributed by atoms with Gasteiger partial charge in [-0.15, -0.1) is 11.3 Å². The molecule has 0 amide bonds. The lowest BCUT2D eigenvalue weighted by molar-refractivity contribution is 0.209. The summed E-state index contributed by atoms with van der Waals surface area (Å²) in [4.78, 5) is 0. The van der Waals surface area contributed by atoms with E-state index in [0.29, 0.717) is 5.56 Å². The van der Waals surface area contributed by atoms with E-state index in [9.17, 15) is 13.9 Å². The number of halogens is 3. The molecule has 1 N–H and O–H groups in total. The van der Waals surface area contributed by atoms with E-state index >= 15 is 0 Å². The van der Waals surface area contributed by atoms with Gasteiger partial charge in [0, 0.05) is 0 Å². The lowest BCUT2D eigenvalue weighted by Crippen LogP contribution is -2.04. The first kappa shape index (κ1) is 11.7. The fourth-order valence-corrected chi connectivity index (χ4v) is 2.60. The first-order valence-corrected chi connectivity index (χ1v) is 6.13. The van der Waals surface area contributed by atoms with E-state index in [0.717, 1.165) is 15.9 Å². The van der Waals surface area contributed by atoms with Gasteiger partial charge in [-0.05, 0) is 45.1 Å². The quantitative estimate of drug-likeness (QED) is 0.893. The molecule has 5 heteroatoms. The summed E-state index contributed by atoms with van der Waals surface area (Å²) in [6, 6.07) is 5.16. The maximum atomic E-state index is 13.4. The van der Waals surface area contributed by atoms with Crippen molar-refractivity contribution < 1.29 is 13.9 Å². The third kappa shape index (κ3) is 2.16. The molecule has 16 heavy (non-hydrogen) atoms. The highest BCUT2D eigenvalue weighted by Gasteiger charge is 2.20. The summed E-state index contributed by atoms with van der Waals surface area (Å²) in [5.74, 6) is -1.48. The first-order chi connectivity index (χ1) is 7.59. The van der Waals surface area contributed by atoms with Gasteiger partial charge in [0.1, 0.15) is 17.7 Å². The van der Waals surface area contributed by atoms with E-state index in [-0.39, 0.29) is 5.56 Å². The average Bonchev–Trinajstić information content (AvgIpc) is 2.64. The van der Waals surface area contributed by atoms with Crippen LogP contribution in [0.2, 0.25) is 0 Å². The van der Waals surface area contributed by atoms with Crippen molar-refractivity contribution in [1.29, 1.82) is 0 Å². The van der Waals surface area contributed by atoms with Gasteiger partial charge in [0.15, 0.2) is 0 Å². The van der Waals surface area contributed by atoms with Crippen LogP contribution in [0.15, 0.2) is 33.4 Å². The minimum Gasteiger partial charge on any atom is -0.383 e. The molecule has 2 aromatic rings. The molecular weight excluding hydrogens is 298 g/mol. The smallest absolute Gasteiger partial charge is 0.132 e. The molecule has 0 radical (unpaired) electrons. The second-order valence-electron chi connectivity index (χ2n) is 3.22. The Balaban J connectivity index is 2.45. The summed E-state index contributed by atoms with van der Waals surface area (Å²) < 4.78 is 27.6. The molecule has 84 valence electrons. The molecule has 1 aromatic heterocycles. The largest absolute Gasteiger partial charge is 0.383 e. The van der Waals surface area contributed by atoms with Crippen LogP contribution < -0.4 is 0 Å². The molecule has 0 bridgehead atoms. The van der Waals surface area contributed by atoms with Crippen LogP contribution in [0.3, 0.4) is 0 Å². The number of rotatable bonds is 2. The highest BCUT2D eigenvalue weighted by Crippen LogP contribution is 2.31. The summed E-state index contributed by atoms with van der Waals surface area (Å²) in [5.41, 5.74) is 0.161. The number of aliphatic hydroxyl groups is 1. The zero-order valence-corrected chi connectivity index (χ0v) is 10.4. The van der Waals surface area contributed by atoms with Gasteiger partial charge in [0.25, 0.3) is 0 Å². The molecule has 1 heterocycles. The predicted octanol–water partition coefficient (Wildman–Crippen LogP) is 3.87. The van der Waals surface area contributed by atoms with Gasteiger partial charge in [-0.3, -0.25) is 0 Å². The Morgan fingerprint density at radius 1 is 1.25 bits per heavy atom. The summed E-state index contributed by atoms with van der Waals surface area (Å²) in [6.07, 6.45) is -1.27. The molecule has 0 spiro atoms. The summed E-state index contributed by atoms with van der Waals surface area (Å²) >= 11 is 4.58. The van der Waals surface area contributed by atoms with E-state index < -0.39 is 17.7 Å². The highest BCUT2D eigenvalue weighted by molar-refractivity contribution is 9.11. The van der Waals surface area contributed by atoms with E-state index in [4.69, 9.17) is 0 Å². The SMILES string of the molecule is OC(c1csc(Br)c1)c1c(F)cccc1F. The van der Waals surface area contributed by atoms with Gasteiger partial charge in [-0.25, -0.2) is 8.78 Å². The standard InChI is InChI=1S/C11H7BrF2OS/c12-9-4-6(5-16-9)11(15)10-7(13)2-1-3-8(10)14/h1-5,11,15H. The number of hydrogen-bond acceptors (Lipinski definition) is 2. The monoisotopic (exact) mass is 304 g/mol. The maximum absolute atomic E-state index is 13.4. The van der Waals surface area contributed by atoms with Crippen molar-refractivity contribution in [3.05, 3.63) is 56.2 Å². The molecule has 0 aliphatic rings. The van der Waals surface area contributed by atoms with Crippen LogP contribution in [0.25, 0.3) is 0 Å². The minimum atomic E-state index is -1.27. The Morgan fingerprint density at radius 2 is 1.88 bits per heavy atom. The zero-order chi connectivity index (χ0) is 11.7. The van der Waals surface area contributed by atoms with Crippen LogP contribution in [-0.4, -0.2) is 5.11 Å². The van der Waals surface area contributed by atoms with Crippen molar-refractivity contribution in [2.75, 3.05) is 0 Å². The topological polar surface area (TPSA) is 20.2 Å². The Hall–Kier alpha value is -0.780. The van der Waals surface area contributed by atoms with Crippen molar-refractivity contribution in [3.8, 4) is 0 Å². The minimum absolute atomic E-state index is 0.312. The molecule has 1 unspecified atom stereocenters. The van der Waals surface area contributed by atoms with E-state index in [1.54, 1.807) is 11.4 Å². The molecule has 1 nitrogen and oxygen atoms in total. The normalized spacial score (nSPS) is 12.8. The van der Waals surface area contributed by atoms with E-state index in [1.165, 1.54) is 17.4 Å². The second-order valence-corrected chi connectivity index (χ2v) is 5.51. The van der Waals surface area contributed by atoms with Crippen molar-refractivity contribution in [2.45, 2.75) is 6.10 Å². The molecular formula is C11H7BrF2OS. The van der Waals surface area contributed by atoms with Gasteiger partial charge >= 0.3 is 0 Å². The van der Waals surface area contributed by atoms with Gasteiger partial charge in [-0.2, -0.15) is 0 Å². The fraction of sp³-hybridized carbons (Fsp3) is 0.0909. The molecule has 1 atom stereocenters. The summed E-state index contributed by atoms with van der Waals surface area (Å²) in [7, 11) is 0. The lowest BCUT2D eigenvalue weighted by Gasteiger charge is -2.11. The third-order valence-electron chi connectivity index (χ3n) is 2.18. The second kappa shape index (κ2) is 4.61. The van der Waals surface area contributed by atoms with Gasteiger partial charge in [-0.1, -0.05) is 6.07 Å². The van der Waals surface area contributed by atoms with Crippen LogP contribution in [-0.2, 0) is 0 Å². The maximum Gasteiger partial charge on any atom is 0.132 e. The Kier molecular flexibility index (Phi) is 3.37. The molecule has 0 saturated carbocycles. The van der Waals surface area contributed by atoms with Crippen LogP contribution >= 0.6 is 27.3 Å². The molecule has 0 fully saturated rings. The van der Waals surface area contributed by atoms with Crippen LogP contribution in [0, 0.1) is 11.6 Å². The van der Waals surface area contributed by atoms with Gasteiger partial charge in [0.2, 0.25) is 0 Å². The number of benzene rings is 1. The van der Waals surface area contributed by atoms with Gasteiger partial charge in [0.05, 0.1) is 9.35 Å². The predicted molar refractivity (Wildman–Crippen MR) is 62.4 cm³/mol. The lowest BCUT2D eigenvalue weighted by atomic mass is 10.0. The Labute approximate surface area is 103 Å². The van der Waals surface area contributed by atoms with Crippen molar-refractivity contribution in [1.82, 2.24) is 0 Å². The molecule has 1 aromatic carbocycles. The Morgan fingerprint density at radius 3 is 2.38 bits per heavy atom. The summed E-state index contributed by atoms with van der Waals surface area (Å²) in [6.45, 7) is 0. The zero-order valence-electron chi connectivity index (χ0n) is 7.95. The van der Waals surface area contributed by atoms with Crippen LogP contribution in [0.4, 0.5) is 8.78 Å². The van der Waals surface area contributed by atoms with Crippen LogP contribution in [0.1, 0.15) is 17.2 Å². The molecule has 2 rings (SSSR count). The van der Waals surface area contributed by atoms with E-state index in [2.05, 4.69) is 15.9 Å². The Bertz CT molecular complexity index is 492. The third-order valence-corrected chi connectivity index (χ3v) is 3.70. The van der Waals surface area contributed by atoms with E-state index in [1.807, 2.05) is 0 Å². The first-order valence-electron chi connectivity index (χ1n) is 4.45. The van der Waals surface area contributed by atoms with Crippen molar-refractivity contribution in [2.24, 2.45) is 0 Å². The van der Waals surface area contributed by atoms with Crippen molar-refractivity contribution >= 4 is 27.3 Å². The number of thiophene rings is 1. The average molecular weight is 305 g/mol. The number of aliphatic hydroxyl groups excluding tert-OH is 1. The fourth-order valence-electron chi connectivity index (χ4n) is 1.41. The number of hydrogen-bond donors (Lipinski definition) is 1.